The lowest BCUT2D eigenvalue weighted by Crippen LogP contribution is -2.10. The molecule has 1 rings (SSSR count). The SMILES string of the molecule is CC(C)(C)/C=C1\COC[C@H]1CO. The lowest BCUT2D eigenvalue weighted by atomic mass is 9.90. The van der Waals surface area contributed by atoms with Crippen LogP contribution in [0, 0.1) is 11.3 Å². The summed E-state index contributed by atoms with van der Waals surface area (Å²) in [5, 5.41) is 9.01. The number of aliphatic hydroxyl groups is 1. The van der Waals surface area contributed by atoms with Crippen LogP contribution in [0.5, 0.6) is 0 Å². The Kier molecular flexibility index (Phi) is 2.91. The molecule has 0 spiro atoms. The molecule has 0 unspecified atom stereocenters. The van der Waals surface area contributed by atoms with E-state index >= 15 is 0 Å². The minimum atomic E-state index is 0.191. The molecule has 1 atom stereocenters. The molecule has 0 aromatic carbocycles. The molecular weight excluding hydrogens is 152 g/mol. The highest BCUT2D eigenvalue weighted by Crippen LogP contribution is 2.25. The van der Waals surface area contributed by atoms with Crippen LogP contribution in [-0.4, -0.2) is 24.9 Å². The Labute approximate surface area is 74.2 Å². The minimum Gasteiger partial charge on any atom is -0.396 e. The second-order valence-electron chi connectivity index (χ2n) is 4.48. The molecule has 12 heavy (non-hydrogen) atoms. The maximum atomic E-state index is 9.01. The summed E-state index contributed by atoms with van der Waals surface area (Å²) in [7, 11) is 0. The maximum Gasteiger partial charge on any atom is 0.0681 e. The molecule has 1 saturated heterocycles. The molecule has 0 bridgehead atoms. The quantitative estimate of drug-likeness (QED) is 0.606. The Balaban J connectivity index is 2.67. The summed E-state index contributed by atoms with van der Waals surface area (Å²) in [5.41, 5.74) is 1.45. The summed E-state index contributed by atoms with van der Waals surface area (Å²) in [6.07, 6.45) is 2.21. The third-order valence-corrected chi connectivity index (χ3v) is 1.95. The molecule has 2 heteroatoms. The Morgan fingerprint density at radius 3 is 2.75 bits per heavy atom. The molecule has 1 N–H and O–H groups in total. The number of hydrogen-bond acceptors (Lipinski definition) is 2. The van der Waals surface area contributed by atoms with Crippen molar-refractivity contribution in [1.82, 2.24) is 0 Å². The van der Waals surface area contributed by atoms with E-state index in [9.17, 15) is 0 Å². The highest BCUT2D eigenvalue weighted by molar-refractivity contribution is 5.14. The van der Waals surface area contributed by atoms with Crippen LogP contribution in [0.25, 0.3) is 0 Å². The van der Waals surface area contributed by atoms with Crippen LogP contribution in [0.4, 0.5) is 0 Å². The zero-order valence-corrected chi connectivity index (χ0v) is 8.13. The third-order valence-electron chi connectivity index (χ3n) is 1.95. The number of ether oxygens (including phenoxy) is 1. The topological polar surface area (TPSA) is 29.5 Å². The molecule has 2 nitrogen and oxygen atoms in total. The zero-order valence-electron chi connectivity index (χ0n) is 8.13. The first kappa shape index (κ1) is 9.75. The molecule has 0 radical (unpaired) electrons. The monoisotopic (exact) mass is 170 g/mol. The molecule has 0 saturated carbocycles. The molecule has 1 aliphatic heterocycles. The minimum absolute atomic E-state index is 0.191. The van der Waals surface area contributed by atoms with Gasteiger partial charge in [0.25, 0.3) is 0 Å². The van der Waals surface area contributed by atoms with E-state index in [1.807, 2.05) is 0 Å². The molecule has 1 fully saturated rings. The molecule has 0 aromatic rings. The summed E-state index contributed by atoms with van der Waals surface area (Å²) in [6, 6.07) is 0. The first-order chi connectivity index (χ1) is 5.53. The van der Waals surface area contributed by atoms with Crippen molar-refractivity contribution >= 4 is 0 Å². The largest absolute Gasteiger partial charge is 0.396 e. The number of rotatable bonds is 1. The first-order valence-corrected chi connectivity index (χ1v) is 4.43. The van der Waals surface area contributed by atoms with Gasteiger partial charge in [0.05, 0.1) is 19.8 Å². The summed E-state index contributed by atoms with van der Waals surface area (Å²) in [5.74, 6) is 0.240. The Bertz CT molecular complexity index is 177. The smallest absolute Gasteiger partial charge is 0.0681 e. The fourth-order valence-electron chi connectivity index (χ4n) is 1.43. The van der Waals surface area contributed by atoms with Crippen molar-refractivity contribution in [2.24, 2.45) is 11.3 Å². The average molecular weight is 170 g/mol. The number of aliphatic hydroxyl groups excluding tert-OH is 1. The standard InChI is InChI=1S/C10H18O2/c1-10(2,3)4-8-6-12-7-9(8)5-11/h4,9,11H,5-7H2,1-3H3/b8-4+/t9-/m1/s1. The Hall–Kier alpha value is -0.340. The zero-order chi connectivity index (χ0) is 9.19. The van der Waals surface area contributed by atoms with Gasteiger partial charge in [-0.1, -0.05) is 26.8 Å². The molecule has 70 valence electrons. The van der Waals surface area contributed by atoms with Crippen LogP contribution in [-0.2, 0) is 4.74 Å². The van der Waals surface area contributed by atoms with Gasteiger partial charge in [-0.2, -0.15) is 0 Å². The lowest BCUT2D eigenvalue weighted by molar-refractivity contribution is 0.161. The van der Waals surface area contributed by atoms with Gasteiger partial charge in [0.15, 0.2) is 0 Å². The van der Waals surface area contributed by atoms with Gasteiger partial charge in [-0.05, 0) is 11.0 Å². The van der Waals surface area contributed by atoms with Crippen LogP contribution in [0.3, 0.4) is 0 Å². The highest BCUT2D eigenvalue weighted by atomic mass is 16.5. The van der Waals surface area contributed by atoms with E-state index in [1.54, 1.807) is 0 Å². The van der Waals surface area contributed by atoms with Gasteiger partial charge < -0.3 is 9.84 Å². The number of allylic oxidation sites excluding steroid dienone is 1. The molecule has 1 aliphatic rings. The van der Waals surface area contributed by atoms with Crippen molar-refractivity contribution in [2.75, 3.05) is 19.8 Å². The predicted molar refractivity (Wildman–Crippen MR) is 48.9 cm³/mol. The van der Waals surface area contributed by atoms with Crippen LogP contribution < -0.4 is 0 Å². The summed E-state index contributed by atoms with van der Waals surface area (Å²) >= 11 is 0. The van der Waals surface area contributed by atoms with Crippen molar-refractivity contribution in [1.29, 1.82) is 0 Å². The fraction of sp³-hybridized carbons (Fsp3) is 0.800. The predicted octanol–water partition coefficient (Wildman–Crippen LogP) is 1.60. The van der Waals surface area contributed by atoms with Gasteiger partial charge in [0.1, 0.15) is 0 Å². The van der Waals surface area contributed by atoms with E-state index in [1.165, 1.54) is 5.57 Å². The van der Waals surface area contributed by atoms with Gasteiger partial charge in [0, 0.05) is 5.92 Å². The number of hydrogen-bond donors (Lipinski definition) is 1. The molecule has 1 heterocycles. The van der Waals surface area contributed by atoms with Crippen LogP contribution in [0.15, 0.2) is 11.6 Å². The van der Waals surface area contributed by atoms with Gasteiger partial charge in [-0.15, -0.1) is 0 Å². The fourth-order valence-corrected chi connectivity index (χ4v) is 1.43. The van der Waals surface area contributed by atoms with E-state index in [0.29, 0.717) is 13.2 Å². The van der Waals surface area contributed by atoms with Crippen molar-refractivity contribution in [2.45, 2.75) is 20.8 Å². The second kappa shape index (κ2) is 3.58. The Morgan fingerprint density at radius 1 is 1.58 bits per heavy atom. The van der Waals surface area contributed by atoms with Gasteiger partial charge in [-0.3, -0.25) is 0 Å². The van der Waals surface area contributed by atoms with E-state index in [2.05, 4.69) is 26.8 Å². The van der Waals surface area contributed by atoms with Crippen LogP contribution in [0.1, 0.15) is 20.8 Å². The maximum absolute atomic E-state index is 9.01. The van der Waals surface area contributed by atoms with E-state index in [0.717, 1.165) is 0 Å². The first-order valence-electron chi connectivity index (χ1n) is 4.43. The van der Waals surface area contributed by atoms with Crippen molar-refractivity contribution in [3.63, 3.8) is 0 Å². The molecule has 0 aliphatic carbocycles. The average Bonchev–Trinajstić information content (AvgIpc) is 2.31. The summed E-state index contributed by atoms with van der Waals surface area (Å²) in [4.78, 5) is 0. The normalized spacial score (nSPS) is 28.3. The van der Waals surface area contributed by atoms with Crippen LogP contribution in [0.2, 0.25) is 0 Å². The van der Waals surface area contributed by atoms with Gasteiger partial charge in [0.2, 0.25) is 0 Å². The van der Waals surface area contributed by atoms with E-state index in [4.69, 9.17) is 9.84 Å². The van der Waals surface area contributed by atoms with Crippen molar-refractivity contribution in [3.05, 3.63) is 11.6 Å². The van der Waals surface area contributed by atoms with Crippen LogP contribution >= 0.6 is 0 Å². The Morgan fingerprint density at radius 2 is 2.25 bits per heavy atom. The summed E-state index contributed by atoms with van der Waals surface area (Å²) < 4.78 is 5.28. The second-order valence-corrected chi connectivity index (χ2v) is 4.48. The van der Waals surface area contributed by atoms with Gasteiger partial charge >= 0.3 is 0 Å². The van der Waals surface area contributed by atoms with E-state index < -0.39 is 0 Å². The highest BCUT2D eigenvalue weighted by Gasteiger charge is 2.22. The molecule has 0 amide bonds. The lowest BCUT2D eigenvalue weighted by Gasteiger charge is -2.15. The van der Waals surface area contributed by atoms with Crippen molar-refractivity contribution < 1.29 is 9.84 Å². The van der Waals surface area contributed by atoms with E-state index in [-0.39, 0.29) is 17.9 Å². The van der Waals surface area contributed by atoms with Gasteiger partial charge in [-0.25, -0.2) is 0 Å². The third kappa shape index (κ3) is 2.61. The van der Waals surface area contributed by atoms with Crippen molar-refractivity contribution in [3.8, 4) is 0 Å². The summed E-state index contributed by atoms with van der Waals surface area (Å²) in [6.45, 7) is 8.06. The molecule has 0 aromatic heterocycles. The molecular formula is C10H18O2.